The van der Waals surface area contributed by atoms with Gasteiger partial charge in [0, 0.05) is 38.0 Å². The maximum Gasteiger partial charge on any atom is 0.228 e. The van der Waals surface area contributed by atoms with Crippen molar-refractivity contribution in [1.29, 1.82) is 0 Å². The molecule has 2 aliphatic heterocycles. The van der Waals surface area contributed by atoms with E-state index >= 15 is 0 Å². The first-order valence-corrected chi connectivity index (χ1v) is 11.7. The largest absolute Gasteiger partial charge is 0.353 e. The van der Waals surface area contributed by atoms with E-state index in [1.54, 1.807) is 4.90 Å². The molecule has 1 saturated carbocycles. The molecule has 28 heavy (non-hydrogen) atoms. The second-order valence-electron chi connectivity index (χ2n) is 8.33. The Balaban J connectivity index is 1.28. The van der Waals surface area contributed by atoms with E-state index in [1.165, 1.54) is 37.0 Å². The highest BCUT2D eigenvalue weighted by Crippen LogP contribution is 2.32. The number of hydrogen-bond acceptors (Lipinski definition) is 6. The zero-order chi connectivity index (χ0) is 19.3. The molecule has 0 aromatic carbocycles. The molecule has 3 fully saturated rings. The van der Waals surface area contributed by atoms with Crippen LogP contribution in [0.4, 0.5) is 10.3 Å². The van der Waals surface area contributed by atoms with Gasteiger partial charge in [0.25, 0.3) is 0 Å². The van der Waals surface area contributed by atoms with Crippen LogP contribution in [-0.2, 0) is 9.59 Å². The van der Waals surface area contributed by atoms with E-state index in [2.05, 4.69) is 20.4 Å². The lowest BCUT2D eigenvalue weighted by molar-refractivity contribution is -0.126. The standard InChI is InChI=1S/C20H31N5O2S/c26-17-9-5-6-12-25(17)20-23-22-19(28-20)24-13-10-15(11-14-24)18(27)21-16-7-3-1-2-4-8-16/h15-16H,1-14H2,(H,21,27). The molecule has 1 aromatic rings. The van der Waals surface area contributed by atoms with E-state index in [9.17, 15) is 9.59 Å². The SMILES string of the molecule is O=C(NC1CCCCCC1)C1CCN(c2nnc(N3CCCCC3=O)s2)CC1. The van der Waals surface area contributed by atoms with E-state index in [-0.39, 0.29) is 17.7 Å². The number of nitrogens with zero attached hydrogens (tertiary/aromatic N) is 4. The van der Waals surface area contributed by atoms with Gasteiger partial charge in [0.15, 0.2) is 0 Å². The highest BCUT2D eigenvalue weighted by molar-refractivity contribution is 7.19. The third kappa shape index (κ3) is 4.64. The van der Waals surface area contributed by atoms with Crippen LogP contribution in [0.5, 0.6) is 0 Å². The van der Waals surface area contributed by atoms with E-state index < -0.39 is 0 Å². The molecule has 0 bridgehead atoms. The molecule has 8 heteroatoms. The highest BCUT2D eigenvalue weighted by atomic mass is 32.1. The van der Waals surface area contributed by atoms with Crippen LogP contribution in [0, 0.1) is 5.92 Å². The molecule has 1 aliphatic carbocycles. The quantitative estimate of drug-likeness (QED) is 0.779. The number of amides is 2. The average molecular weight is 406 g/mol. The Morgan fingerprint density at radius 2 is 1.61 bits per heavy atom. The number of carbonyl (C=O) groups excluding carboxylic acids is 2. The number of hydrogen-bond donors (Lipinski definition) is 1. The Bertz CT molecular complexity index is 678. The number of rotatable bonds is 4. The Morgan fingerprint density at radius 1 is 0.893 bits per heavy atom. The van der Waals surface area contributed by atoms with Crippen LogP contribution in [0.1, 0.15) is 70.6 Å². The summed E-state index contributed by atoms with van der Waals surface area (Å²) in [6.07, 6.45) is 11.7. The predicted molar refractivity (Wildman–Crippen MR) is 111 cm³/mol. The van der Waals surface area contributed by atoms with Gasteiger partial charge in [-0.1, -0.05) is 37.0 Å². The number of piperidine rings is 2. The van der Waals surface area contributed by atoms with Crippen molar-refractivity contribution in [3.8, 4) is 0 Å². The lowest BCUT2D eigenvalue weighted by Gasteiger charge is -2.31. The molecular weight excluding hydrogens is 374 g/mol. The third-order valence-corrected chi connectivity index (χ3v) is 7.30. The van der Waals surface area contributed by atoms with Gasteiger partial charge in [-0.2, -0.15) is 0 Å². The molecule has 0 spiro atoms. The van der Waals surface area contributed by atoms with Crippen molar-refractivity contribution < 1.29 is 9.59 Å². The summed E-state index contributed by atoms with van der Waals surface area (Å²) in [4.78, 5) is 28.7. The van der Waals surface area contributed by atoms with Gasteiger partial charge in [0.05, 0.1) is 0 Å². The van der Waals surface area contributed by atoms with Crippen LogP contribution < -0.4 is 15.1 Å². The molecule has 7 nitrogen and oxygen atoms in total. The highest BCUT2D eigenvalue weighted by Gasteiger charge is 2.29. The van der Waals surface area contributed by atoms with Crippen LogP contribution in [0.15, 0.2) is 0 Å². The van der Waals surface area contributed by atoms with Crippen molar-refractivity contribution in [1.82, 2.24) is 15.5 Å². The fraction of sp³-hybridized carbons (Fsp3) is 0.800. The third-order valence-electron chi connectivity index (χ3n) is 6.30. The van der Waals surface area contributed by atoms with Crippen LogP contribution >= 0.6 is 11.3 Å². The first kappa shape index (κ1) is 19.6. The summed E-state index contributed by atoms with van der Waals surface area (Å²) in [5.74, 6) is 0.502. The van der Waals surface area contributed by atoms with Crippen molar-refractivity contribution in [2.75, 3.05) is 29.4 Å². The zero-order valence-corrected chi connectivity index (χ0v) is 17.4. The minimum atomic E-state index is 0.107. The van der Waals surface area contributed by atoms with Crippen molar-refractivity contribution in [2.24, 2.45) is 5.92 Å². The van der Waals surface area contributed by atoms with E-state index in [0.717, 1.165) is 63.3 Å². The predicted octanol–water partition coefficient (Wildman–Crippen LogP) is 3.11. The fourth-order valence-corrected chi connectivity index (χ4v) is 5.47. The maximum absolute atomic E-state index is 12.7. The minimum absolute atomic E-state index is 0.107. The molecule has 4 rings (SSSR count). The Hall–Kier alpha value is -1.70. The number of anilines is 2. The summed E-state index contributed by atoms with van der Waals surface area (Å²) in [6.45, 7) is 2.40. The fourth-order valence-electron chi connectivity index (χ4n) is 4.53. The van der Waals surface area contributed by atoms with Crippen LogP contribution in [0.2, 0.25) is 0 Å². The summed E-state index contributed by atoms with van der Waals surface area (Å²) >= 11 is 1.50. The summed E-state index contributed by atoms with van der Waals surface area (Å²) in [5, 5.41) is 13.5. The number of nitrogens with one attached hydrogen (secondary N) is 1. The molecule has 0 unspecified atom stereocenters. The van der Waals surface area contributed by atoms with Gasteiger partial charge in [0.2, 0.25) is 22.1 Å². The topological polar surface area (TPSA) is 78.4 Å². The number of aromatic nitrogens is 2. The average Bonchev–Trinajstić information content (AvgIpc) is 3.06. The molecule has 0 atom stereocenters. The first-order valence-electron chi connectivity index (χ1n) is 10.9. The first-order chi connectivity index (χ1) is 13.7. The zero-order valence-electron chi connectivity index (χ0n) is 16.6. The second-order valence-corrected chi connectivity index (χ2v) is 9.26. The molecule has 0 radical (unpaired) electrons. The van der Waals surface area contributed by atoms with Crippen molar-refractivity contribution in [2.45, 2.75) is 76.7 Å². The Labute approximate surface area is 170 Å². The summed E-state index contributed by atoms with van der Waals surface area (Å²) in [5.41, 5.74) is 0. The van der Waals surface area contributed by atoms with Gasteiger partial charge in [-0.25, -0.2) is 0 Å². The van der Waals surface area contributed by atoms with Gasteiger partial charge in [0.1, 0.15) is 0 Å². The van der Waals surface area contributed by atoms with Crippen LogP contribution in [-0.4, -0.2) is 47.7 Å². The van der Waals surface area contributed by atoms with Crippen molar-refractivity contribution in [3.63, 3.8) is 0 Å². The minimum Gasteiger partial charge on any atom is -0.353 e. The molecule has 3 aliphatic rings. The van der Waals surface area contributed by atoms with Crippen molar-refractivity contribution >= 4 is 33.4 Å². The second kappa shape index (κ2) is 9.20. The molecule has 2 amide bonds. The lowest BCUT2D eigenvalue weighted by atomic mass is 9.95. The monoisotopic (exact) mass is 405 g/mol. The summed E-state index contributed by atoms with van der Waals surface area (Å²) in [6, 6.07) is 0.376. The summed E-state index contributed by atoms with van der Waals surface area (Å²) < 4.78 is 0. The van der Waals surface area contributed by atoms with Gasteiger partial charge >= 0.3 is 0 Å². The van der Waals surface area contributed by atoms with Crippen LogP contribution in [0.25, 0.3) is 0 Å². The molecular formula is C20H31N5O2S. The van der Waals surface area contributed by atoms with E-state index in [1.807, 2.05) is 0 Å². The van der Waals surface area contributed by atoms with E-state index in [4.69, 9.17) is 0 Å². The summed E-state index contributed by atoms with van der Waals surface area (Å²) in [7, 11) is 0. The smallest absolute Gasteiger partial charge is 0.228 e. The van der Waals surface area contributed by atoms with Gasteiger partial charge in [-0.3, -0.25) is 14.5 Å². The Kier molecular flexibility index (Phi) is 6.44. The molecule has 1 N–H and O–H groups in total. The molecule has 2 saturated heterocycles. The van der Waals surface area contributed by atoms with E-state index in [0.29, 0.717) is 17.6 Å². The Morgan fingerprint density at radius 3 is 2.32 bits per heavy atom. The van der Waals surface area contributed by atoms with Gasteiger partial charge < -0.3 is 10.2 Å². The molecule has 154 valence electrons. The lowest BCUT2D eigenvalue weighted by Crippen LogP contribution is -2.43. The molecule has 1 aromatic heterocycles. The normalized spacial score (nSPS) is 22.9. The number of carbonyl (C=O) groups is 2. The van der Waals surface area contributed by atoms with Gasteiger partial charge in [-0.05, 0) is 38.5 Å². The van der Waals surface area contributed by atoms with Gasteiger partial charge in [-0.15, -0.1) is 10.2 Å². The van der Waals surface area contributed by atoms with Crippen LogP contribution in [0.3, 0.4) is 0 Å². The molecule has 3 heterocycles. The van der Waals surface area contributed by atoms with Crippen molar-refractivity contribution in [3.05, 3.63) is 0 Å². The maximum atomic E-state index is 12.7.